The van der Waals surface area contributed by atoms with Gasteiger partial charge < -0.3 is 4.57 Å². The summed E-state index contributed by atoms with van der Waals surface area (Å²) in [7, 11) is 3.72. The zero-order chi connectivity index (χ0) is 20.5. The van der Waals surface area contributed by atoms with Crippen molar-refractivity contribution in [2.75, 3.05) is 0 Å². The summed E-state index contributed by atoms with van der Waals surface area (Å²) in [6.45, 7) is 4.34. The highest BCUT2D eigenvalue weighted by molar-refractivity contribution is 7.19. The van der Waals surface area contributed by atoms with E-state index >= 15 is 0 Å². The van der Waals surface area contributed by atoms with E-state index < -0.39 is 0 Å². The molecule has 0 amide bonds. The number of rotatable bonds is 4. The van der Waals surface area contributed by atoms with Gasteiger partial charge >= 0.3 is 0 Å². The number of hydrogen-bond donors (Lipinski definition) is 1. The molecule has 9 nitrogen and oxygen atoms in total. The third-order valence-electron chi connectivity index (χ3n) is 4.55. The average molecular weight is 411 g/mol. The van der Waals surface area contributed by atoms with Crippen molar-refractivity contribution in [2.45, 2.75) is 26.8 Å². The largest absolute Gasteiger partial charge is 0.323 e. The fraction of sp³-hybridized carbons (Fsp3) is 0.316. The van der Waals surface area contributed by atoms with E-state index in [2.05, 4.69) is 20.4 Å². The van der Waals surface area contributed by atoms with Gasteiger partial charge in [0.15, 0.2) is 5.65 Å². The number of H-pyrrole nitrogens is 1. The van der Waals surface area contributed by atoms with Gasteiger partial charge in [-0.1, -0.05) is 13.8 Å². The molecule has 29 heavy (non-hydrogen) atoms. The molecule has 1 N–H and O–H groups in total. The maximum Gasteiger partial charge on any atom is 0.291 e. The smallest absolute Gasteiger partial charge is 0.291 e. The third kappa shape index (κ3) is 3.35. The van der Waals surface area contributed by atoms with Crippen LogP contribution >= 0.6 is 11.3 Å². The highest BCUT2D eigenvalue weighted by Gasteiger charge is 2.18. The lowest BCUT2D eigenvalue weighted by atomic mass is 10.3. The lowest BCUT2D eigenvalue weighted by Crippen LogP contribution is -2.24. The summed E-state index contributed by atoms with van der Waals surface area (Å²) in [6.07, 6.45) is 6.01. The van der Waals surface area contributed by atoms with Crippen LogP contribution in [0.25, 0.3) is 21.3 Å². The molecule has 0 spiro atoms. The summed E-state index contributed by atoms with van der Waals surface area (Å²) in [5.41, 5.74) is 3.08. The van der Waals surface area contributed by atoms with Crippen molar-refractivity contribution in [3.63, 3.8) is 0 Å². The van der Waals surface area contributed by atoms with E-state index in [1.807, 2.05) is 50.8 Å². The van der Waals surface area contributed by atoms with Crippen LogP contribution in [0, 0.1) is 0 Å². The summed E-state index contributed by atoms with van der Waals surface area (Å²) in [5, 5.41) is 17.4. The molecule has 0 unspecified atom stereocenters. The van der Waals surface area contributed by atoms with E-state index in [1.54, 1.807) is 28.4 Å². The van der Waals surface area contributed by atoms with Crippen molar-refractivity contribution in [3.8, 4) is 0 Å². The molecule has 0 bridgehead atoms. The minimum Gasteiger partial charge on any atom is -0.323 e. The van der Waals surface area contributed by atoms with Gasteiger partial charge in [0, 0.05) is 44.0 Å². The average Bonchev–Trinajstić information content (AvgIpc) is 3.49. The Morgan fingerprint density at radius 1 is 1.21 bits per heavy atom. The first-order valence-electron chi connectivity index (χ1n) is 9.41. The molecule has 150 valence electrons. The maximum absolute atomic E-state index is 13.0. The fourth-order valence-electron chi connectivity index (χ4n) is 3.27. The molecule has 0 aromatic carbocycles. The van der Waals surface area contributed by atoms with Crippen molar-refractivity contribution in [1.82, 2.24) is 39.3 Å². The number of aryl methyl sites for hydroxylation is 2. The molecular formula is C19H22N8OS. The van der Waals surface area contributed by atoms with Crippen LogP contribution in [0.4, 0.5) is 0 Å². The predicted octanol–water partition coefficient (Wildman–Crippen LogP) is 2.47. The van der Waals surface area contributed by atoms with Crippen molar-refractivity contribution < 1.29 is 0 Å². The second-order valence-electron chi connectivity index (χ2n) is 6.43. The van der Waals surface area contributed by atoms with Crippen molar-refractivity contribution >= 4 is 32.6 Å². The van der Waals surface area contributed by atoms with E-state index in [1.165, 1.54) is 4.68 Å². The first kappa shape index (κ1) is 19.1. The number of fused-ring (bicyclic) bond motifs is 3. The number of nitrogens with zero attached hydrogens (tertiary/aromatic N) is 7. The minimum atomic E-state index is -0.138. The van der Waals surface area contributed by atoms with Crippen molar-refractivity contribution in [1.29, 1.82) is 0 Å². The molecule has 0 aliphatic carbocycles. The van der Waals surface area contributed by atoms with Gasteiger partial charge in [-0.15, -0.1) is 11.3 Å². The van der Waals surface area contributed by atoms with Crippen LogP contribution in [-0.4, -0.2) is 39.3 Å². The van der Waals surface area contributed by atoms with Gasteiger partial charge in [0.2, 0.25) is 0 Å². The van der Waals surface area contributed by atoms with Crippen LogP contribution in [0.2, 0.25) is 0 Å². The summed E-state index contributed by atoms with van der Waals surface area (Å²) >= 11 is 1.58. The molecule has 0 aliphatic heterocycles. The first-order chi connectivity index (χ1) is 14.1. The minimum absolute atomic E-state index is 0.138. The maximum atomic E-state index is 13.0. The normalized spacial score (nSPS) is 11.2. The van der Waals surface area contributed by atoms with Gasteiger partial charge in [-0.25, -0.2) is 9.67 Å². The van der Waals surface area contributed by atoms with Crippen LogP contribution in [-0.2, 0) is 27.1 Å². The SMILES string of the molecule is CC.Cn1ccc(Cn2ncc3c4sc(Cc5ccn[nH]5)nc4n(C)c3c2=O)n1. The molecule has 0 atom stereocenters. The number of aromatic nitrogens is 8. The van der Waals surface area contributed by atoms with Crippen LogP contribution < -0.4 is 5.56 Å². The second-order valence-corrected chi connectivity index (χ2v) is 7.51. The topological polar surface area (TPSA) is 99.2 Å². The molecule has 10 heteroatoms. The third-order valence-corrected chi connectivity index (χ3v) is 5.63. The molecule has 5 heterocycles. The quantitative estimate of drug-likeness (QED) is 0.491. The van der Waals surface area contributed by atoms with E-state index in [9.17, 15) is 4.79 Å². The van der Waals surface area contributed by atoms with E-state index in [0.29, 0.717) is 18.5 Å². The number of thiazole rings is 1. The second kappa shape index (κ2) is 7.63. The monoisotopic (exact) mass is 410 g/mol. The van der Waals surface area contributed by atoms with Crippen molar-refractivity contribution in [3.05, 3.63) is 57.5 Å². The Labute approximate surface area is 170 Å². The number of aromatic amines is 1. The molecule has 0 fully saturated rings. The van der Waals surface area contributed by atoms with Crippen LogP contribution in [0.5, 0.6) is 0 Å². The van der Waals surface area contributed by atoms with Gasteiger partial charge in [0.25, 0.3) is 5.56 Å². The van der Waals surface area contributed by atoms with Crippen LogP contribution in [0.3, 0.4) is 0 Å². The zero-order valence-electron chi connectivity index (χ0n) is 16.7. The molecular weight excluding hydrogens is 388 g/mol. The van der Waals surface area contributed by atoms with Crippen LogP contribution in [0.1, 0.15) is 30.2 Å². The molecule has 0 radical (unpaired) electrons. The van der Waals surface area contributed by atoms with E-state index in [4.69, 9.17) is 4.98 Å². The van der Waals surface area contributed by atoms with Gasteiger partial charge in [0.05, 0.1) is 23.1 Å². The lowest BCUT2D eigenvalue weighted by molar-refractivity contribution is 0.619. The molecule has 5 aromatic heterocycles. The molecule has 0 aliphatic rings. The van der Waals surface area contributed by atoms with Gasteiger partial charge in [0.1, 0.15) is 10.5 Å². The van der Waals surface area contributed by atoms with Gasteiger partial charge in [-0.2, -0.15) is 15.3 Å². The Morgan fingerprint density at radius 3 is 2.72 bits per heavy atom. The molecule has 0 saturated carbocycles. The Kier molecular flexibility index (Phi) is 5.01. The summed E-state index contributed by atoms with van der Waals surface area (Å²) in [6, 6.07) is 3.81. The number of hydrogen-bond acceptors (Lipinski definition) is 6. The summed E-state index contributed by atoms with van der Waals surface area (Å²) in [4.78, 5) is 17.7. The molecule has 5 rings (SSSR count). The standard InChI is InChI=1S/C17H16N8OS.C2H6/c1-23-6-4-11(22-23)9-25-17(26)14-12(8-19-25)15-16(24(14)2)20-13(27-15)7-10-3-5-18-21-10;1-2/h3-6,8H,7,9H2,1-2H3,(H,18,21);1-2H3. The zero-order valence-corrected chi connectivity index (χ0v) is 17.6. The Balaban J connectivity index is 0.000000994. The van der Waals surface area contributed by atoms with Gasteiger partial charge in [-0.3, -0.25) is 14.6 Å². The molecule has 0 saturated heterocycles. The Bertz CT molecular complexity index is 1320. The van der Waals surface area contributed by atoms with Crippen molar-refractivity contribution in [2.24, 2.45) is 14.1 Å². The molecule has 5 aromatic rings. The Hall–Kier alpha value is -3.27. The van der Waals surface area contributed by atoms with E-state index in [0.717, 1.165) is 32.1 Å². The summed E-state index contributed by atoms with van der Waals surface area (Å²) < 4.78 is 6.00. The lowest BCUT2D eigenvalue weighted by Gasteiger charge is -2.03. The highest BCUT2D eigenvalue weighted by atomic mass is 32.1. The first-order valence-corrected chi connectivity index (χ1v) is 10.2. The highest BCUT2D eigenvalue weighted by Crippen LogP contribution is 2.31. The summed E-state index contributed by atoms with van der Waals surface area (Å²) in [5.74, 6) is 0. The van der Waals surface area contributed by atoms with E-state index in [-0.39, 0.29) is 5.56 Å². The van der Waals surface area contributed by atoms with Gasteiger partial charge in [-0.05, 0) is 12.1 Å². The van der Waals surface area contributed by atoms with Crippen LogP contribution in [0.15, 0.2) is 35.5 Å². The predicted molar refractivity (Wildman–Crippen MR) is 113 cm³/mol. The number of nitrogens with one attached hydrogen (secondary N) is 1. The fourth-order valence-corrected chi connectivity index (χ4v) is 4.40. The Morgan fingerprint density at radius 2 is 2.03 bits per heavy atom.